The second-order valence-electron chi connectivity index (χ2n) is 10.2. The molecule has 0 saturated heterocycles. The lowest BCUT2D eigenvalue weighted by Crippen LogP contribution is -2.16. The highest BCUT2D eigenvalue weighted by Crippen LogP contribution is 2.40. The smallest absolute Gasteiger partial charge is 0.440 e. The number of oxazole rings is 1. The number of imidazole rings is 1. The van der Waals surface area contributed by atoms with Crippen LogP contribution in [-0.4, -0.2) is 35.6 Å². The van der Waals surface area contributed by atoms with Crippen LogP contribution in [0, 0.1) is 6.92 Å². The van der Waals surface area contributed by atoms with Crippen molar-refractivity contribution in [3.63, 3.8) is 0 Å². The Kier molecular flexibility index (Phi) is 8.29. The number of ether oxygens (including phenoxy) is 1. The minimum Gasteiger partial charge on any atom is -0.440 e. The van der Waals surface area contributed by atoms with Crippen LogP contribution in [0.25, 0.3) is 39.4 Å². The monoisotopic (exact) mass is 649 g/mol. The summed E-state index contributed by atoms with van der Waals surface area (Å²) in [7, 11) is -3.55. The van der Waals surface area contributed by atoms with Crippen LogP contribution in [-0.2, 0) is 22.4 Å². The molecule has 0 aliphatic carbocycles. The average Bonchev–Trinajstić information content (AvgIpc) is 3.56. The van der Waals surface area contributed by atoms with Crippen LogP contribution < -0.4 is 4.74 Å². The lowest BCUT2D eigenvalue weighted by molar-refractivity contribution is -0.274. The van der Waals surface area contributed by atoms with Gasteiger partial charge in [-0.2, -0.15) is 13.2 Å². The summed E-state index contributed by atoms with van der Waals surface area (Å²) in [5.74, 6) is 0.0127. The molecule has 236 valence electrons. The second kappa shape index (κ2) is 11.7. The van der Waals surface area contributed by atoms with Crippen molar-refractivity contribution in [3.05, 3.63) is 90.3 Å². The van der Waals surface area contributed by atoms with E-state index in [1.165, 1.54) is 35.8 Å². The number of hydrogen-bond donors (Lipinski definition) is 0. The van der Waals surface area contributed by atoms with Gasteiger partial charge in [-0.1, -0.05) is 25.1 Å². The summed E-state index contributed by atoms with van der Waals surface area (Å²) in [6.45, 7) is 3.30. The van der Waals surface area contributed by atoms with Gasteiger partial charge in [0, 0.05) is 30.0 Å². The number of rotatable bonds is 8. The van der Waals surface area contributed by atoms with E-state index in [2.05, 4.69) is 14.7 Å². The Morgan fingerprint density at radius 3 is 2.16 bits per heavy atom. The molecule has 0 aliphatic rings. The molecule has 0 fully saturated rings. The maximum Gasteiger partial charge on any atom is 0.573 e. The van der Waals surface area contributed by atoms with E-state index >= 15 is 0 Å². The number of sulfone groups is 1. The molecule has 2 heterocycles. The zero-order chi connectivity index (χ0) is 32.7. The van der Waals surface area contributed by atoms with Crippen molar-refractivity contribution in [1.82, 2.24) is 14.5 Å². The Labute approximate surface area is 254 Å². The predicted molar refractivity (Wildman–Crippen MR) is 153 cm³/mol. The summed E-state index contributed by atoms with van der Waals surface area (Å²) in [5.41, 5.74) is 1.03. The van der Waals surface area contributed by atoms with Crippen molar-refractivity contribution in [3.8, 4) is 45.1 Å². The van der Waals surface area contributed by atoms with Crippen molar-refractivity contribution >= 4 is 9.84 Å². The third-order valence-corrected chi connectivity index (χ3v) is 7.88. The van der Waals surface area contributed by atoms with Gasteiger partial charge >= 0.3 is 12.5 Å². The molecular weight excluding hydrogens is 624 g/mol. The quantitative estimate of drug-likeness (QED) is 0.157. The highest BCUT2D eigenvalue weighted by atomic mass is 32.2. The zero-order valence-electron chi connectivity index (χ0n) is 24.0. The van der Waals surface area contributed by atoms with Gasteiger partial charge in [0.1, 0.15) is 17.3 Å². The molecule has 45 heavy (non-hydrogen) atoms. The van der Waals surface area contributed by atoms with Crippen LogP contribution in [0.3, 0.4) is 0 Å². The zero-order valence-corrected chi connectivity index (χ0v) is 24.8. The summed E-state index contributed by atoms with van der Waals surface area (Å²) in [5, 5.41) is 0. The lowest BCUT2D eigenvalue weighted by Gasteiger charge is -2.14. The van der Waals surface area contributed by atoms with E-state index < -0.39 is 33.8 Å². The van der Waals surface area contributed by atoms with Crippen molar-refractivity contribution in [1.29, 1.82) is 0 Å². The number of hydrogen-bond acceptors (Lipinski definition) is 6. The molecule has 0 N–H and O–H groups in total. The van der Waals surface area contributed by atoms with Crippen molar-refractivity contribution in [2.24, 2.45) is 0 Å². The number of nitrogens with zero attached hydrogens (tertiary/aromatic N) is 3. The summed E-state index contributed by atoms with van der Waals surface area (Å²) in [6.07, 6.45) is -6.65. The van der Waals surface area contributed by atoms with Crippen LogP contribution in [0.2, 0.25) is 0 Å². The minimum absolute atomic E-state index is 0.0268. The molecule has 5 aromatic rings. The van der Waals surface area contributed by atoms with Gasteiger partial charge < -0.3 is 13.7 Å². The Morgan fingerprint density at radius 1 is 0.889 bits per heavy atom. The molecule has 2 aromatic heterocycles. The van der Waals surface area contributed by atoms with Crippen LogP contribution in [0.5, 0.6) is 5.75 Å². The van der Waals surface area contributed by atoms with Crippen molar-refractivity contribution in [2.75, 3.05) is 6.26 Å². The second-order valence-corrected chi connectivity index (χ2v) is 12.2. The molecular formula is C31H25F6N3O4S. The number of aryl methyl sites for hydroxylation is 2. The molecule has 3 aromatic carbocycles. The molecule has 0 unspecified atom stereocenters. The third kappa shape index (κ3) is 7.06. The fourth-order valence-electron chi connectivity index (χ4n) is 4.74. The highest BCUT2D eigenvalue weighted by Gasteiger charge is 2.35. The average molecular weight is 650 g/mol. The Morgan fingerprint density at radius 2 is 1.56 bits per heavy atom. The summed E-state index contributed by atoms with van der Waals surface area (Å²) < 4.78 is 115. The summed E-state index contributed by atoms with van der Waals surface area (Å²) in [4.78, 5) is 8.34. The van der Waals surface area contributed by atoms with Crippen molar-refractivity contribution < 1.29 is 43.9 Å². The van der Waals surface area contributed by atoms with Gasteiger partial charge in [-0.15, -0.1) is 13.2 Å². The van der Waals surface area contributed by atoms with E-state index in [4.69, 9.17) is 4.42 Å². The molecule has 14 heteroatoms. The van der Waals surface area contributed by atoms with Gasteiger partial charge in [-0.25, -0.2) is 18.4 Å². The van der Waals surface area contributed by atoms with E-state index in [-0.39, 0.29) is 33.4 Å². The van der Waals surface area contributed by atoms with Crippen molar-refractivity contribution in [2.45, 2.75) is 44.1 Å². The molecule has 0 radical (unpaired) electrons. The fourth-order valence-corrected chi connectivity index (χ4v) is 5.41. The van der Waals surface area contributed by atoms with Gasteiger partial charge in [-0.3, -0.25) is 0 Å². The Hall–Kier alpha value is -4.59. The number of halogens is 6. The van der Waals surface area contributed by atoms with E-state index in [9.17, 15) is 34.8 Å². The predicted octanol–water partition coefficient (Wildman–Crippen LogP) is 8.44. The molecule has 0 saturated carbocycles. The first-order chi connectivity index (χ1) is 21.0. The minimum atomic E-state index is -4.89. The summed E-state index contributed by atoms with van der Waals surface area (Å²) >= 11 is 0. The van der Waals surface area contributed by atoms with Crippen LogP contribution in [0.4, 0.5) is 26.3 Å². The van der Waals surface area contributed by atoms with E-state index in [1.54, 1.807) is 30.3 Å². The molecule has 7 nitrogen and oxygen atoms in total. The van der Waals surface area contributed by atoms with Crippen LogP contribution in [0.15, 0.2) is 82.2 Å². The van der Waals surface area contributed by atoms with E-state index in [0.717, 1.165) is 24.6 Å². The molecule has 0 spiro atoms. The SMILES string of the molecule is CCCc1nc(-c2ccc(OC(F)(F)F)cc2)c(-c2cc(-c3cccc(S(C)(=O)=O)c3)ccc2-n2cc(C(F)(F)F)nc2C)o1. The van der Waals surface area contributed by atoms with Gasteiger partial charge in [0.15, 0.2) is 27.2 Å². The molecule has 0 atom stereocenters. The van der Waals surface area contributed by atoms with Crippen LogP contribution >= 0.6 is 0 Å². The maximum absolute atomic E-state index is 13.6. The maximum atomic E-state index is 13.6. The fraction of sp³-hybridized carbons (Fsp3) is 0.226. The number of alkyl halides is 6. The first-order valence-electron chi connectivity index (χ1n) is 13.5. The first kappa shape index (κ1) is 31.8. The van der Waals surface area contributed by atoms with Gasteiger partial charge in [-0.05, 0) is 73.0 Å². The Balaban J connectivity index is 1.75. The molecule has 0 amide bonds. The third-order valence-electron chi connectivity index (χ3n) is 6.77. The highest BCUT2D eigenvalue weighted by molar-refractivity contribution is 7.90. The van der Waals surface area contributed by atoms with Gasteiger partial charge in [0.25, 0.3) is 0 Å². The largest absolute Gasteiger partial charge is 0.573 e. The number of benzene rings is 3. The molecule has 5 rings (SSSR count). The molecule has 0 bridgehead atoms. The standard InChI is InChI=1S/C31H25F6N3O4S/c1-4-6-27-39-28(19-9-12-22(13-10-19)44-31(35,36)37)29(43-27)24-16-21(20-7-5-8-23(15-20)45(3,41)42)11-14-25(24)40-17-26(30(32,33)34)38-18(40)2/h5,7-17H,4,6H2,1-3H3. The van der Waals surface area contributed by atoms with Gasteiger partial charge in [0.2, 0.25) is 0 Å². The normalized spacial score (nSPS) is 12.5. The number of aromatic nitrogens is 3. The first-order valence-corrected chi connectivity index (χ1v) is 15.4. The molecule has 0 aliphatic heterocycles. The topological polar surface area (TPSA) is 87.2 Å². The summed E-state index contributed by atoms with van der Waals surface area (Å²) in [6, 6.07) is 15.9. The van der Waals surface area contributed by atoms with E-state index in [0.29, 0.717) is 35.4 Å². The van der Waals surface area contributed by atoms with E-state index in [1.807, 2.05) is 6.92 Å². The van der Waals surface area contributed by atoms with Gasteiger partial charge in [0.05, 0.1) is 10.6 Å². The lowest BCUT2D eigenvalue weighted by atomic mass is 9.98. The Bertz CT molecular complexity index is 1960. The van der Waals surface area contributed by atoms with Crippen LogP contribution in [0.1, 0.15) is 30.8 Å².